The molecule has 4 atom stereocenters. The van der Waals surface area contributed by atoms with Crippen molar-refractivity contribution in [3.63, 3.8) is 0 Å². The van der Waals surface area contributed by atoms with E-state index >= 15 is 0 Å². The van der Waals surface area contributed by atoms with E-state index in [1.807, 2.05) is 4.90 Å². The summed E-state index contributed by atoms with van der Waals surface area (Å²) in [5.41, 5.74) is 6.28. The molecule has 1 amide bonds. The fourth-order valence-corrected chi connectivity index (χ4v) is 3.32. The van der Waals surface area contributed by atoms with E-state index in [4.69, 9.17) is 21.0 Å². The van der Waals surface area contributed by atoms with Crippen LogP contribution in [0.25, 0.3) is 0 Å². The molecule has 152 valence electrons. The van der Waals surface area contributed by atoms with Crippen LogP contribution in [0.5, 0.6) is 0 Å². The van der Waals surface area contributed by atoms with Gasteiger partial charge in [-0.25, -0.2) is 0 Å². The third-order valence-electron chi connectivity index (χ3n) is 5.17. The lowest BCUT2D eigenvalue weighted by Gasteiger charge is -2.30. The molecule has 0 aromatic rings. The van der Waals surface area contributed by atoms with Crippen LogP contribution in [0.2, 0.25) is 0 Å². The third-order valence-corrected chi connectivity index (χ3v) is 5.17. The van der Waals surface area contributed by atoms with Crippen molar-refractivity contribution >= 4 is 11.7 Å². The third kappa shape index (κ3) is 4.52. The number of likely N-dealkylation sites (tertiary alicyclic amines) is 1. The van der Waals surface area contributed by atoms with E-state index < -0.39 is 37.1 Å². The molecule has 1 saturated carbocycles. The number of aliphatic hydroxyl groups is 3. The van der Waals surface area contributed by atoms with Gasteiger partial charge in [0.25, 0.3) is 5.91 Å². The predicted molar refractivity (Wildman–Crippen MR) is 96.4 cm³/mol. The van der Waals surface area contributed by atoms with Crippen LogP contribution in [-0.2, 0) is 9.53 Å². The minimum Gasteiger partial charge on any atom is -0.394 e. The molecule has 4 unspecified atom stereocenters. The average molecular weight is 383 g/mol. The SMILES string of the molecule is N=C(/C(N)=C(\NC1CC1)C(=O)NC1OC(CO)C(O)C1O)N1CCCCC1. The van der Waals surface area contributed by atoms with Gasteiger partial charge in [-0.05, 0) is 32.1 Å². The van der Waals surface area contributed by atoms with Crippen LogP contribution in [0.3, 0.4) is 0 Å². The number of piperidine rings is 1. The first-order valence-electron chi connectivity index (χ1n) is 9.45. The number of aliphatic hydroxyl groups excluding tert-OH is 3. The van der Waals surface area contributed by atoms with Gasteiger partial charge in [-0.1, -0.05) is 0 Å². The molecule has 3 rings (SSSR count). The fourth-order valence-electron chi connectivity index (χ4n) is 3.32. The molecule has 3 aliphatic rings. The maximum absolute atomic E-state index is 12.8. The summed E-state index contributed by atoms with van der Waals surface area (Å²) in [7, 11) is 0. The summed E-state index contributed by atoms with van der Waals surface area (Å²) in [5.74, 6) is -0.509. The molecule has 2 saturated heterocycles. The largest absolute Gasteiger partial charge is 0.394 e. The number of amides is 1. The van der Waals surface area contributed by atoms with Crippen molar-refractivity contribution in [2.75, 3.05) is 19.7 Å². The molecule has 10 nitrogen and oxygen atoms in total. The molecule has 0 aromatic carbocycles. The topological polar surface area (TPSA) is 164 Å². The van der Waals surface area contributed by atoms with E-state index in [0.29, 0.717) is 0 Å². The minimum atomic E-state index is -1.36. The van der Waals surface area contributed by atoms with Crippen molar-refractivity contribution in [3.8, 4) is 0 Å². The Hall–Kier alpha value is -1.88. The van der Waals surface area contributed by atoms with Gasteiger partial charge in [-0.2, -0.15) is 0 Å². The van der Waals surface area contributed by atoms with Crippen molar-refractivity contribution in [1.29, 1.82) is 5.41 Å². The molecule has 8 N–H and O–H groups in total. The molecule has 2 heterocycles. The number of rotatable bonds is 6. The summed E-state index contributed by atoms with van der Waals surface area (Å²) < 4.78 is 5.30. The van der Waals surface area contributed by atoms with Gasteiger partial charge >= 0.3 is 0 Å². The van der Waals surface area contributed by atoms with Crippen LogP contribution in [0.1, 0.15) is 32.1 Å². The lowest BCUT2D eigenvalue weighted by molar-refractivity contribution is -0.124. The van der Waals surface area contributed by atoms with Crippen molar-refractivity contribution < 1.29 is 24.9 Å². The zero-order valence-electron chi connectivity index (χ0n) is 15.2. The monoisotopic (exact) mass is 383 g/mol. The molecule has 27 heavy (non-hydrogen) atoms. The van der Waals surface area contributed by atoms with Gasteiger partial charge in [0, 0.05) is 19.1 Å². The van der Waals surface area contributed by atoms with E-state index in [0.717, 1.165) is 45.2 Å². The normalized spacial score (nSPS) is 32.0. The molecular formula is C17H29N5O5. The summed E-state index contributed by atoms with van der Waals surface area (Å²) >= 11 is 0. The van der Waals surface area contributed by atoms with Crippen LogP contribution in [-0.4, -0.2) is 82.2 Å². The summed E-state index contributed by atoms with van der Waals surface area (Å²) in [4.78, 5) is 14.6. The number of hydrogen-bond donors (Lipinski definition) is 7. The molecule has 0 aromatic heterocycles. The van der Waals surface area contributed by atoms with Crippen LogP contribution in [0.4, 0.5) is 0 Å². The summed E-state index contributed by atoms with van der Waals surface area (Å²) in [6, 6.07) is 0.128. The van der Waals surface area contributed by atoms with Gasteiger partial charge < -0.3 is 41.3 Å². The van der Waals surface area contributed by atoms with E-state index in [2.05, 4.69) is 10.6 Å². The molecular weight excluding hydrogens is 354 g/mol. The van der Waals surface area contributed by atoms with Crippen LogP contribution < -0.4 is 16.4 Å². The second kappa shape index (κ2) is 8.42. The maximum atomic E-state index is 12.8. The van der Waals surface area contributed by atoms with Gasteiger partial charge in [-0.3, -0.25) is 10.2 Å². The first-order valence-corrected chi connectivity index (χ1v) is 9.45. The maximum Gasteiger partial charge on any atom is 0.271 e. The number of nitrogens with two attached hydrogens (primary N) is 1. The number of amidine groups is 1. The highest BCUT2D eigenvalue weighted by atomic mass is 16.6. The van der Waals surface area contributed by atoms with E-state index in [1.165, 1.54) is 0 Å². The highest BCUT2D eigenvalue weighted by molar-refractivity contribution is 6.05. The zero-order chi connectivity index (χ0) is 19.6. The summed E-state index contributed by atoms with van der Waals surface area (Å²) in [6.45, 7) is 0.981. The highest BCUT2D eigenvalue weighted by Crippen LogP contribution is 2.23. The van der Waals surface area contributed by atoms with E-state index in [9.17, 15) is 15.0 Å². The van der Waals surface area contributed by atoms with E-state index in [-0.39, 0.29) is 23.3 Å². The van der Waals surface area contributed by atoms with Crippen molar-refractivity contribution in [3.05, 3.63) is 11.4 Å². The standard InChI is InChI=1S/C17H29N5O5/c18-11(15(19)22-6-2-1-3-7-22)12(20-9-4-5-9)16(26)21-17-14(25)13(24)10(8-23)27-17/h9-10,13-14,17,19-20,23-25H,1-8,18H2,(H,21,26)/b12-11+,19-15?. The molecule has 3 fully saturated rings. The molecule has 1 aliphatic carbocycles. The van der Waals surface area contributed by atoms with E-state index in [1.54, 1.807) is 0 Å². The Morgan fingerprint density at radius 2 is 1.81 bits per heavy atom. The highest BCUT2D eigenvalue weighted by Gasteiger charge is 2.43. The Morgan fingerprint density at radius 1 is 1.15 bits per heavy atom. The number of ether oxygens (including phenoxy) is 1. The Labute approximate surface area is 157 Å². The smallest absolute Gasteiger partial charge is 0.271 e. The molecule has 10 heteroatoms. The Kier molecular flexibility index (Phi) is 6.20. The number of hydrogen-bond acceptors (Lipinski definition) is 8. The molecule has 0 bridgehead atoms. The number of nitrogens with zero attached hydrogens (tertiary/aromatic N) is 1. The first kappa shape index (κ1) is 19.9. The summed E-state index contributed by atoms with van der Waals surface area (Å²) in [6.07, 6.45) is 0.0989. The van der Waals surface area contributed by atoms with Crippen LogP contribution in [0.15, 0.2) is 11.4 Å². The van der Waals surface area contributed by atoms with Crippen molar-refractivity contribution in [2.45, 2.75) is 62.7 Å². The Balaban J connectivity index is 1.73. The minimum absolute atomic E-state index is 0.0491. The molecule has 0 radical (unpaired) electrons. The quantitative estimate of drug-likeness (QED) is 0.156. The van der Waals surface area contributed by atoms with Crippen molar-refractivity contribution in [2.24, 2.45) is 5.73 Å². The second-order valence-corrected chi connectivity index (χ2v) is 7.34. The number of nitrogens with one attached hydrogen (secondary N) is 3. The average Bonchev–Trinajstić information content (AvgIpc) is 3.47. The Bertz CT molecular complexity index is 603. The predicted octanol–water partition coefficient (Wildman–Crippen LogP) is -2.07. The Morgan fingerprint density at radius 3 is 2.37 bits per heavy atom. The van der Waals surface area contributed by atoms with Crippen LogP contribution in [0, 0.1) is 5.41 Å². The zero-order valence-corrected chi connectivity index (χ0v) is 15.2. The lowest BCUT2D eigenvalue weighted by Crippen LogP contribution is -2.48. The number of carbonyl (C=O) groups is 1. The van der Waals surface area contributed by atoms with Crippen LogP contribution >= 0.6 is 0 Å². The first-order chi connectivity index (χ1) is 12.9. The van der Waals surface area contributed by atoms with Gasteiger partial charge in [0.2, 0.25) is 0 Å². The molecule has 2 aliphatic heterocycles. The van der Waals surface area contributed by atoms with Gasteiger partial charge in [0.15, 0.2) is 6.23 Å². The fraction of sp³-hybridized carbons (Fsp3) is 0.765. The summed E-state index contributed by atoms with van der Waals surface area (Å²) in [5, 5.41) is 42.9. The van der Waals surface area contributed by atoms with Gasteiger partial charge in [0.1, 0.15) is 35.5 Å². The number of carbonyl (C=O) groups excluding carboxylic acids is 1. The molecule has 0 spiro atoms. The van der Waals surface area contributed by atoms with Crippen molar-refractivity contribution in [1.82, 2.24) is 15.5 Å². The van der Waals surface area contributed by atoms with Gasteiger partial charge in [0.05, 0.1) is 6.61 Å². The lowest BCUT2D eigenvalue weighted by atomic mass is 10.1. The second-order valence-electron chi connectivity index (χ2n) is 7.34. The van der Waals surface area contributed by atoms with Gasteiger partial charge in [-0.15, -0.1) is 0 Å².